The third-order valence-electron chi connectivity index (χ3n) is 2.89. The molecule has 1 atom stereocenters. The summed E-state index contributed by atoms with van der Waals surface area (Å²) < 4.78 is 4.62. The van der Waals surface area contributed by atoms with Crippen LogP contribution in [-0.2, 0) is 16.0 Å². The highest BCUT2D eigenvalue weighted by molar-refractivity contribution is 5.75. The van der Waals surface area contributed by atoms with Crippen LogP contribution >= 0.6 is 0 Å². The fourth-order valence-corrected chi connectivity index (χ4v) is 2.06. The molecule has 0 aromatic heterocycles. The second kappa shape index (κ2) is 5.49. The van der Waals surface area contributed by atoms with Crippen LogP contribution in [0.1, 0.15) is 22.3 Å². The van der Waals surface area contributed by atoms with Crippen molar-refractivity contribution in [1.82, 2.24) is 0 Å². The lowest BCUT2D eigenvalue weighted by molar-refractivity contribution is -0.143. The second-order valence-corrected chi connectivity index (χ2v) is 4.29. The SMILES string of the molecule is COC(=O)C(C#N)Cc1c(C)cc(C)cc1C. The zero-order valence-electron chi connectivity index (χ0n) is 10.7. The maximum Gasteiger partial charge on any atom is 0.323 e. The molecule has 3 heteroatoms. The number of carbonyl (C=O) groups is 1. The molecule has 0 heterocycles. The highest BCUT2D eigenvalue weighted by atomic mass is 16.5. The van der Waals surface area contributed by atoms with Gasteiger partial charge in [-0.1, -0.05) is 17.7 Å². The van der Waals surface area contributed by atoms with E-state index >= 15 is 0 Å². The topological polar surface area (TPSA) is 50.1 Å². The first-order valence-electron chi connectivity index (χ1n) is 5.53. The van der Waals surface area contributed by atoms with Crippen molar-refractivity contribution >= 4 is 5.97 Å². The third-order valence-corrected chi connectivity index (χ3v) is 2.89. The second-order valence-electron chi connectivity index (χ2n) is 4.29. The van der Waals surface area contributed by atoms with Crippen molar-refractivity contribution in [1.29, 1.82) is 5.26 Å². The van der Waals surface area contributed by atoms with Crippen LogP contribution in [0.5, 0.6) is 0 Å². The van der Waals surface area contributed by atoms with Crippen LogP contribution in [0.2, 0.25) is 0 Å². The van der Waals surface area contributed by atoms with E-state index < -0.39 is 11.9 Å². The predicted molar refractivity (Wildman–Crippen MR) is 65.5 cm³/mol. The number of carbonyl (C=O) groups excluding carboxylic acids is 1. The van der Waals surface area contributed by atoms with Crippen LogP contribution < -0.4 is 0 Å². The lowest BCUT2D eigenvalue weighted by Crippen LogP contribution is -2.18. The molecule has 0 amide bonds. The van der Waals surface area contributed by atoms with Crippen molar-refractivity contribution in [2.24, 2.45) is 5.92 Å². The molecular formula is C14H17NO2. The van der Waals surface area contributed by atoms with E-state index in [1.807, 2.05) is 26.8 Å². The molecular weight excluding hydrogens is 214 g/mol. The number of rotatable bonds is 3. The molecule has 1 aromatic carbocycles. The standard InChI is InChI=1S/C14H17NO2/c1-9-5-10(2)13(11(3)6-9)7-12(8-15)14(16)17-4/h5-6,12H,7H2,1-4H3. The third kappa shape index (κ3) is 3.07. The minimum absolute atomic E-state index is 0.418. The monoisotopic (exact) mass is 231 g/mol. The average molecular weight is 231 g/mol. The Hall–Kier alpha value is -1.82. The van der Waals surface area contributed by atoms with Crippen molar-refractivity contribution < 1.29 is 9.53 Å². The smallest absolute Gasteiger partial charge is 0.323 e. The van der Waals surface area contributed by atoms with E-state index in [-0.39, 0.29) is 0 Å². The molecule has 1 aromatic rings. The van der Waals surface area contributed by atoms with Crippen LogP contribution in [0.3, 0.4) is 0 Å². The van der Waals surface area contributed by atoms with Crippen LogP contribution in [-0.4, -0.2) is 13.1 Å². The summed E-state index contributed by atoms with van der Waals surface area (Å²) in [5.41, 5.74) is 4.49. The van der Waals surface area contributed by atoms with Gasteiger partial charge in [-0.3, -0.25) is 4.79 Å². The Labute approximate surface area is 102 Å². The first-order valence-corrected chi connectivity index (χ1v) is 5.53. The number of aryl methyl sites for hydroxylation is 3. The number of hydrogen-bond donors (Lipinski definition) is 0. The molecule has 0 fully saturated rings. The zero-order valence-corrected chi connectivity index (χ0v) is 10.7. The van der Waals surface area contributed by atoms with Gasteiger partial charge in [-0.25, -0.2) is 0 Å². The van der Waals surface area contributed by atoms with Crippen LogP contribution in [0.25, 0.3) is 0 Å². The molecule has 1 rings (SSSR count). The maximum absolute atomic E-state index is 11.4. The molecule has 90 valence electrons. The van der Waals surface area contributed by atoms with Gasteiger partial charge in [-0.2, -0.15) is 5.26 Å². The van der Waals surface area contributed by atoms with Gasteiger partial charge in [0.1, 0.15) is 5.92 Å². The molecule has 0 bridgehead atoms. The van der Waals surface area contributed by atoms with Crippen molar-refractivity contribution in [3.05, 3.63) is 34.4 Å². The van der Waals surface area contributed by atoms with Gasteiger partial charge >= 0.3 is 5.97 Å². The molecule has 0 aliphatic carbocycles. The Balaban J connectivity index is 3.03. The summed E-state index contributed by atoms with van der Waals surface area (Å²) in [5, 5.41) is 8.97. The molecule has 0 aliphatic heterocycles. The van der Waals surface area contributed by atoms with Gasteiger partial charge in [0, 0.05) is 0 Å². The Bertz CT molecular complexity index is 449. The first kappa shape index (κ1) is 13.2. The van der Waals surface area contributed by atoms with Crippen molar-refractivity contribution in [2.75, 3.05) is 7.11 Å². The Kier molecular flexibility index (Phi) is 4.28. The van der Waals surface area contributed by atoms with E-state index in [0.29, 0.717) is 6.42 Å². The minimum atomic E-state index is -0.722. The van der Waals surface area contributed by atoms with E-state index in [1.54, 1.807) is 0 Å². The normalized spacial score (nSPS) is 11.7. The maximum atomic E-state index is 11.4. The van der Waals surface area contributed by atoms with E-state index in [9.17, 15) is 4.79 Å². The van der Waals surface area contributed by atoms with E-state index in [4.69, 9.17) is 5.26 Å². The van der Waals surface area contributed by atoms with E-state index in [0.717, 1.165) is 16.7 Å². The number of nitrogens with zero attached hydrogens (tertiary/aromatic N) is 1. The number of nitriles is 1. The Morgan fingerprint density at radius 2 is 1.88 bits per heavy atom. The van der Waals surface area contributed by atoms with Gasteiger partial charge in [0.2, 0.25) is 0 Å². The lowest BCUT2D eigenvalue weighted by atomic mass is 9.92. The van der Waals surface area contributed by atoms with Gasteiger partial charge < -0.3 is 4.74 Å². The summed E-state index contributed by atoms with van der Waals surface area (Å²) in [6.07, 6.45) is 0.418. The molecule has 0 spiro atoms. The fourth-order valence-electron chi connectivity index (χ4n) is 2.06. The zero-order chi connectivity index (χ0) is 13.0. The molecule has 3 nitrogen and oxygen atoms in total. The number of hydrogen-bond acceptors (Lipinski definition) is 3. The molecule has 0 aliphatic rings. The van der Waals surface area contributed by atoms with Crippen molar-refractivity contribution in [3.8, 4) is 6.07 Å². The van der Waals surface area contributed by atoms with Gasteiger partial charge in [0.05, 0.1) is 13.2 Å². The molecule has 0 saturated carbocycles. The molecule has 0 saturated heterocycles. The quantitative estimate of drug-likeness (QED) is 0.751. The number of ether oxygens (including phenoxy) is 1. The Morgan fingerprint density at radius 1 is 1.35 bits per heavy atom. The van der Waals surface area contributed by atoms with Crippen LogP contribution in [0, 0.1) is 38.0 Å². The first-order chi connectivity index (χ1) is 7.99. The Morgan fingerprint density at radius 3 is 2.29 bits per heavy atom. The molecule has 1 unspecified atom stereocenters. The number of esters is 1. The average Bonchev–Trinajstić information content (AvgIpc) is 2.27. The predicted octanol–water partition coefficient (Wildman–Crippen LogP) is 2.47. The number of methoxy groups -OCH3 is 1. The van der Waals surface area contributed by atoms with Crippen molar-refractivity contribution in [3.63, 3.8) is 0 Å². The largest absolute Gasteiger partial charge is 0.468 e. The van der Waals surface area contributed by atoms with Crippen LogP contribution in [0.4, 0.5) is 0 Å². The van der Waals surface area contributed by atoms with Gasteiger partial charge in [0.25, 0.3) is 0 Å². The fraction of sp³-hybridized carbons (Fsp3) is 0.429. The summed E-state index contributed by atoms with van der Waals surface area (Å²) >= 11 is 0. The minimum Gasteiger partial charge on any atom is -0.468 e. The molecule has 17 heavy (non-hydrogen) atoms. The summed E-state index contributed by atoms with van der Waals surface area (Å²) in [5.74, 6) is -1.19. The number of benzene rings is 1. The lowest BCUT2D eigenvalue weighted by Gasteiger charge is -2.13. The summed E-state index contributed by atoms with van der Waals surface area (Å²) in [7, 11) is 1.31. The van der Waals surface area contributed by atoms with Gasteiger partial charge in [-0.05, 0) is 43.9 Å². The van der Waals surface area contributed by atoms with E-state index in [1.165, 1.54) is 12.7 Å². The summed E-state index contributed by atoms with van der Waals surface area (Å²) in [6.45, 7) is 6.04. The summed E-state index contributed by atoms with van der Waals surface area (Å²) in [4.78, 5) is 11.4. The van der Waals surface area contributed by atoms with Gasteiger partial charge in [-0.15, -0.1) is 0 Å². The molecule has 0 radical (unpaired) electrons. The highest BCUT2D eigenvalue weighted by Crippen LogP contribution is 2.20. The van der Waals surface area contributed by atoms with E-state index in [2.05, 4.69) is 16.9 Å². The van der Waals surface area contributed by atoms with Gasteiger partial charge in [0.15, 0.2) is 0 Å². The van der Waals surface area contributed by atoms with Crippen molar-refractivity contribution in [2.45, 2.75) is 27.2 Å². The highest BCUT2D eigenvalue weighted by Gasteiger charge is 2.20. The molecule has 0 N–H and O–H groups in total. The summed E-state index contributed by atoms with van der Waals surface area (Å²) in [6, 6.07) is 6.12. The van der Waals surface area contributed by atoms with Crippen LogP contribution in [0.15, 0.2) is 12.1 Å².